The number of unbranched alkanes of at least 4 members (excludes halogenated alkanes) is 37. The third-order valence-corrected chi connectivity index (χ3v) is 15.3. The molecule has 0 aliphatic heterocycles. The van der Waals surface area contributed by atoms with Crippen LogP contribution in [0.4, 0.5) is 0 Å². The van der Waals surface area contributed by atoms with Crippen LogP contribution < -0.4 is 0 Å². The second-order valence-corrected chi connectivity index (χ2v) is 23.4. The van der Waals surface area contributed by atoms with Gasteiger partial charge in [0.15, 0.2) is 6.10 Å². The molecule has 0 aromatic rings. The Labute approximate surface area is 508 Å². The second kappa shape index (κ2) is 69.8. The molecular formula is C76H132O6. The lowest BCUT2D eigenvalue weighted by atomic mass is 10.0. The lowest BCUT2D eigenvalue weighted by Crippen LogP contribution is -2.30. The normalized spacial score (nSPS) is 12.7. The molecule has 0 aliphatic rings. The van der Waals surface area contributed by atoms with E-state index >= 15 is 0 Å². The van der Waals surface area contributed by atoms with E-state index in [1.165, 1.54) is 199 Å². The maximum absolute atomic E-state index is 12.9. The van der Waals surface area contributed by atoms with Gasteiger partial charge in [-0.2, -0.15) is 0 Å². The molecule has 0 amide bonds. The summed E-state index contributed by atoms with van der Waals surface area (Å²) in [5, 5.41) is 0. The number of hydrogen-bond acceptors (Lipinski definition) is 6. The van der Waals surface area contributed by atoms with Crippen molar-refractivity contribution in [3.05, 3.63) is 97.2 Å². The quantitative estimate of drug-likeness (QED) is 0.0261. The summed E-state index contributed by atoms with van der Waals surface area (Å²) < 4.78 is 17.0. The Bertz CT molecular complexity index is 1590. The molecule has 0 heterocycles. The first-order valence-corrected chi connectivity index (χ1v) is 35.2. The van der Waals surface area contributed by atoms with Gasteiger partial charge in [-0.1, -0.05) is 330 Å². The van der Waals surface area contributed by atoms with E-state index in [4.69, 9.17) is 14.2 Å². The summed E-state index contributed by atoms with van der Waals surface area (Å²) in [6.45, 7) is 6.45. The smallest absolute Gasteiger partial charge is 0.306 e. The van der Waals surface area contributed by atoms with Gasteiger partial charge in [0, 0.05) is 19.3 Å². The summed E-state index contributed by atoms with van der Waals surface area (Å²) in [5.41, 5.74) is 0. The zero-order valence-electron chi connectivity index (χ0n) is 54.2. The van der Waals surface area contributed by atoms with Crippen LogP contribution in [-0.2, 0) is 28.6 Å². The van der Waals surface area contributed by atoms with Gasteiger partial charge in [0.2, 0.25) is 0 Å². The number of carbonyl (C=O) groups excluding carboxylic acids is 3. The van der Waals surface area contributed by atoms with Crippen molar-refractivity contribution in [2.24, 2.45) is 0 Å². The maximum atomic E-state index is 12.9. The molecule has 1 atom stereocenters. The van der Waals surface area contributed by atoms with Crippen LogP contribution in [0.1, 0.15) is 348 Å². The highest BCUT2D eigenvalue weighted by Crippen LogP contribution is 2.18. The van der Waals surface area contributed by atoms with Crippen LogP contribution in [-0.4, -0.2) is 37.2 Å². The fraction of sp³-hybridized carbons (Fsp3) is 0.750. The molecule has 0 N–H and O–H groups in total. The molecule has 1 unspecified atom stereocenters. The zero-order valence-corrected chi connectivity index (χ0v) is 54.2. The molecule has 0 bridgehead atoms. The van der Waals surface area contributed by atoms with E-state index < -0.39 is 6.10 Å². The van der Waals surface area contributed by atoms with Gasteiger partial charge >= 0.3 is 17.9 Å². The molecule has 0 spiro atoms. The third kappa shape index (κ3) is 67.1. The van der Waals surface area contributed by atoms with E-state index in [2.05, 4.69) is 118 Å². The van der Waals surface area contributed by atoms with E-state index in [1.54, 1.807) is 0 Å². The minimum atomic E-state index is -0.776. The monoisotopic (exact) mass is 1140 g/mol. The van der Waals surface area contributed by atoms with Gasteiger partial charge in [-0.3, -0.25) is 14.4 Å². The SMILES string of the molecule is CC/C=C\C/C=C\C/C=C\C/C=C\CCCCCCCCCCCCCCCCC(=O)OCC(COC(=O)CCCCCCCCCCCC)OC(=O)CCCCCCCCCCCCCCCC/C=C\C/C=C\C/C=C\C/C=C\CC. The fourth-order valence-electron chi connectivity index (χ4n) is 10.1. The molecule has 0 aromatic heterocycles. The Balaban J connectivity index is 4.17. The summed E-state index contributed by atoms with van der Waals surface area (Å²) in [7, 11) is 0. The van der Waals surface area contributed by atoms with Gasteiger partial charge in [-0.15, -0.1) is 0 Å². The molecule has 0 radical (unpaired) electrons. The van der Waals surface area contributed by atoms with Crippen molar-refractivity contribution in [1.29, 1.82) is 0 Å². The van der Waals surface area contributed by atoms with Crippen LogP contribution in [0.25, 0.3) is 0 Å². The highest BCUT2D eigenvalue weighted by molar-refractivity contribution is 5.71. The molecule has 0 aliphatic carbocycles. The Morgan fingerprint density at radius 3 is 0.744 bits per heavy atom. The van der Waals surface area contributed by atoms with Crippen LogP contribution in [0, 0.1) is 0 Å². The third-order valence-electron chi connectivity index (χ3n) is 15.3. The molecule has 0 saturated carbocycles. The first-order valence-electron chi connectivity index (χ1n) is 35.2. The Hall–Kier alpha value is -3.67. The highest BCUT2D eigenvalue weighted by atomic mass is 16.6. The van der Waals surface area contributed by atoms with Crippen molar-refractivity contribution in [3.63, 3.8) is 0 Å². The number of carbonyl (C=O) groups is 3. The van der Waals surface area contributed by atoms with Crippen LogP contribution in [0.15, 0.2) is 97.2 Å². The molecule has 6 heteroatoms. The molecular weight excluding hydrogens is 1010 g/mol. The van der Waals surface area contributed by atoms with Gasteiger partial charge < -0.3 is 14.2 Å². The maximum Gasteiger partial charge on any atom is 0.306 e. The second-order valence-electron chi connectivity index (χ2n) is 23.4. The van der Waals surface area contributed by atoms with Crippen molar-refractivity contribution < 1.29 is 28.6 Å². The lowest BCUT2D eigenvalue weighted by Gasteiger charge is -2.18. The first-order chi connectivity index (χ1) is 40.5. The predicted octanol–water partition coefficient (Wildman–Crippen LogP) is 24.4. The van der Waals surface area contributed by atoms with Gasteiger partial charge in [0.05, 0.1) is 0 Å². The number of allylic oxidation sites excluding steroid dienone is 16. The van der Waals surface area contributed by atoms with Gasteiger partial charge in [0.1, 0.15) is 13.2 Å². The average molecular weight is 1140 g/mol. The predicted molar refractivity (Wildman–Crippen MR) is 357 cm³/mol. The Morgan fingerprint density at radius 2 is 0.476 bits per heavy atom. The standard InChI is InChI=1S/C76H132O6/c1-4-7-10-13-16-19-22-24-26-28-30-32-34-36-38-40-42-44-46-48-50-52-54-57-60-63-66-69-75(78)81-72-73(71-80-74(77)68-65-62-59-56-21-18-15-12-9-6-3)82-76(79)70-67-64-61-58-55-53-51-49-47-45-43-41-39-37-35-33-31-29-27-25-23-20-17-14-11-8-5-2/h7-8,10-11,16-17,19-20,24-27,30-33,73H,4-6,9,12-15,18,21-23,28-29,34-72H2,1-3H3/b10-7-,11-8-,19-16-,20-17-,26-24-,27-25-,32-30-,33-31-. The Kier molecular flexibility index (Phi) is 66.7. The largest absolute Gasteiger partial charge is 0.462 e. The highest BCUT2D eigenvalue weighted by Gasteiger charge is 2.19. The minimum Gasteiger partial charge on any atom is -0.462 e. The minimum absolute atomic E-state index is 0.0728. The van der Waals surface area contributed by atoms with E-state index in [0.717, 1.165) is 109 Å². The van der Waals surface area contributed by atoms with E-state index in [0.29, 0.717) is 19.3 Å². The van der Waals surface area contributed by atoms with Crippen molar-refractivity contribution >= 4 is 17.9 Å². The zero-order chi connectivity index (χ0) is 59.2. The van der Waals surface area contributed by atoms with E-state index in [1.807, 2.05) is 0 Å². The van der Waals surface area contributed by atoms with E-state index in [-0.39, 0.29) is 31.1 Å². The van der Waals surface area contributed by atoms with E-state index in [9.17, 15) is 14.4 Å². The summed E-state index contributed by atoms with van der Waals surface area (Å²) >= 11 is 0. The average Bonchev–Trinajstić information content (AvgIpc) is 3.48. The number of esters is 3. The molecule has 472 valence electrons. The summed E-state index contributed by atoms with van der Waals surface area (Å²) in [6, 6.07) is 0. The fourth-order valence-corrected chi connectivity index (χ4v) is 10.1. The molecule has 82 heavy (non-hydrogen) atoms. The molecule has 0 aromatic carbocycles. The van der Waals surface area contributed by atoms with Gasteiger partial charge in [-0.05, 0) is 96.3 Å². The molecule has 6 nitrogen and oxygen atoms in total. The van der Waals surface area contributed by atoms with Crippen LogP contribution >= 0.6 is 0 Å². The first kappa shape index (κ1) is 78.3. The van der Waals surface area contributed by atoms with Gasteiger partial charge in [-0.25, -0.2) is 0 Å². The summed E-state index contributed by atoms with van der Waals surface area (Å²) in [4.78, 5) is 38.4. The van der Waals surface area contributed by atoms with Crippen molar-refractivity contribution in [2.75, 3.05) is 13.2 Å². The van der Waals surface area contributed by atoms with Crippen molar-refractivity contribution in [3.8, 4) is 0 Å². The number of rotatable bonds is 64. The van der Waals surface area contributed by atoms with Gasteiger partial charge in [0.25, 0.3) is 0 Å². The topological polar surface area (TPSA) is 78.9 Å². The lowest BCUT2D eigenvalue weighted by molar-refractivity contribution is -0.167. The number of ether oxygens (including phenoxy) is 3. The Morgan fingerprint density at radius 1 is 0.256 bits per heavy atom. The molecule has 0 rings (SSSR count). The summed E-state index contributed by atoms with van der Waals surface area (Å²) in [6.07, 6.45) is 94.4. The molecule has 0 fully saturated rings. The van der Waals surface area contributed by atoms with Crippen LogP contribution in [0.5, 0.6) is 0 Å². The summed E-state index contributed by atoms with van der Waals surface area (Å²) in [5.74, 6) is -0.858. The van der Waals surface area contributed by atoms with Crippen molar-refractivity contribution in [2.45, 2.75) is 354 Å². The van der Waals surface area contributed by atoms with Crippen molar-refractivity contribution in [1.82, 2.24) is 0 Å². The molecule has 0 saturated heterocycles. The van der Waals surface area contributed by atoms with Crippen LogP contribution in [0.3, 0.4) is 0 Å². The van der Waals surface area contributed by atoms with Crippen LogP contribution in [0.2, 0.25) is 0 Å². The number of hydrogen-bond donors (Lipinski definition) is 0.